The molecule has 1 heterocycles. The van der Waals surface area contributed by atoms with Gasteiger partial charge in [0.1, 0.15) is 0 Å². The van der Waals surface area contributed by atoms with E-state index in [2.05, 4.69) is 0 Å². The third-order valence-corrected chi connectivity index (χ3v) is 3.98. The van der Waals surface area contributed by atoms with Crippen molar-refractivity contribution < 1.29 is 14.6 Å². The highest BCUT2D eigenvalue weighted by Gasteiger charge is 2.46. The van der Waals surface area contributed by atoms with Crippen molar-refractivity contribution in [3.05, 3.63) is 35.9 Å². The minimum Gasteiger partial charge on any atom is -0.392 e. The first-order valence-electron chi connectivity index (χ1n) is 6.26. The maximum absolute atomic E-state index is 10.0. The fraction of sp³-hybridized carbons (Fsp3) is 0.571. The van der Waals surface area contributed by atoms with Gasteiger partial charge in [0.15, 0.2) is 6.29 Å². The Bertz CT molecular complexity index is 368. The van der Waals surface area contributed by atoms with Crippen LogP contribution in [0.1, 0.15) is 31.1 Å². The van der Waals surface area contributed by atoms with Gasteiger partial charge < -0.3 is 14.6 Å². The summed E-state index contributed by atoms with van der Waals surface area (Å²) < 4.78 is 11.6. The molecule has 3 rings (SSSR count). The Morgan fingerprint density at radius 2 is 1.82 bits per heavy atom. The first-order valence-corrected chi connectivity index (χ1v) is 6.26. The summed E-state index contributed by atoms with van der Waals surface area (Å²) in [5.41, 5.74) is 0.903. The Labute approximate surface area is 101 Å². The second-order valence-electron chi connectivity index (χ2n) is 5.14. The van der Waals surface area contributed by atoms with Crippen LogP contribution in [-0.2, 0) is 9.47 Å². The molecule has 3 nitrogen and oxygen atoms in total. The topological polar surface area (TPSA) is 38.7 Å². The van der Waals surface area contributed by atoms with E-state index in [9.17, 15) is 5.11 Å². The third-order valence-electron chi connectivity index (χ3n) is 3.98. The third kappa shape index (κ3) is 1.99. The maximum atomic E-state index is 10.0. The zero-order valence-corrected chi connectivity index (χ0v) is 9.84. The summed E-state index contributed by atoms with van der Waals surface area (Å²) in [7, 11) is 0. The van der Waals surface area contributed by atoms with Crippen LogP contribution in [0.5, 0.6) is 0 Å². The van der Waals surface area contributed by atoms with Crippen LogP contribution >= 0.6 is 0 Å². The largest absolute Gasteiger partial charge is 0.392 e. The lowest BCUT2D eigenvalue weighted by molar-refractivity contribution is -0.248. The Morgan fingerprint density at radius 3 is 2.41 bits per heavy atom. The Balaban J connectivity index is 1.68. The smallest absolute Gasteiger partial charge is 0.183 e. The van der Waals surface area contributed by atoms with Crippen molar-refractivity contribution in [3.63, 3.8) is 0 Å². The van der Waals surface area contributed by atoms with Crippen LogP contribution in [0, 0.1) is 5.41 Å². The van der Waals surface area contributed by atoms with E-state index >= 15 is 0 Å². The highest BCUT2D eigenvalue weighted by Crippen LogP contribution is 2.43. The Morgan fingerprint density at radius 1 is 1.12 bits per heavy atom. The molecule has 3 heteroatoms. The van der Waals surface area contributed by atoms with Crippen LogP contribution in [0.25, 0.3) is 0 Å². The SMILES string of the molecule is OC1CCCC12COC(c1ccccc1)OC2. The number of rotatable bonds is 1. The van der Waals surface area contributed by atoms with E-state index in [-0.39, 0.29) is 17.8 Å². The van der Waals surface area contributed by atoms with Crippen molar-refractivity contribution in [3.8, 4) is 0 Å². The number of hydrogen-bond acceptors (Lipinski definition) is 3. The second kappa shape index (κ2) is 4.41. The van der Waals surface area contributed by atoms with Gasteiger partial charge >= 0.3 is 0 Å². The molecule has 1 aliphatic heterocycles. The average molecular weight is 234 g/mol. The fourth-order valence-corrected chi connectivity index (χ4v) is 2.83. The summed E-state index contributed by atoms with van der Waals surface area (Å²) in [6, 6.07) is 9.96. The molecule has 92 valence electrons. The standard InChI is InChI=1S/C14H18O3/c15-12-7-4-8-14(12)9-16-13(17-10-14)11-5-2-1-3-6-11/h1-3,5-6,12-13,15H,4,7-10H2. The zero-order valence-electron chi connectivity index (χ0n) is 9.84. The van der Waals surface area contributed by atoms with Gasteiger partial charge in [0.2, 0.25) is 0 Å². The van der Waals surface area contributed by atoms with Crippen LogP contribution in [0.2, 0.25) is 0 Å². The summed E-state index contributed by atoms with van der Waals surface area (Å²) in [6.07, 6.45) is 2.43. The van der Waals surface area contributed by atoms with Gasteiger partial charge in [-0.1, -0.05) is 36.8 Å². The maximum Gasteiger partial charge on any atom is 0.183 e. The first-order chi connectivity index (χ1) is 8.30. The summed E-state index contributed by atoms with van der Waals surface area (Å²) in [6.45, 7) is 1.21. The average Bonchev–Trinajstić information content (AvgIpc) is 2.73. The molecule has 1 N–H and O–H groups in total. The lowest BCUT2D eigenvalue weighted by atomic mass is 9.85. The van der Waals surface area contributed by atoms with Crippen LogP contribution < -0.4 is 0 Å². The molecule has 2 fully saturated rings. The molecule has 1 spiro atoms. The van der Waals surface area contributed by atoms with Gasteiger partial charge in [0, 0.05) is 11.0 Å². The molecule has 0 aromatic heterocycles. The first kappa shape index (κ1) is 11.2. The lowest BCUT2D eigenvalue weighted by Crippen LogP contribution is -2.44. The van der Waals surface area contributed by atoms with E-state index in [0.29, 0.717) is 13.2 Å². The normalized spacial score (nSPS) is 37.5. The van der Waals surface area contributed by atoms with Crippen molar-refractivity contribution in [1.29, 1.82) is 0 Å². The molecule has 1 aromatic rings. The quantitative estimate of drug-likeness (QED) is 0.810. The molecule has 1 saturated heterocycles. The molecule has 1 atom stereocenters. The van der Waals surface area contributed by atoms with E-state index in [1.54, 1.807) is 0 Å². The van der Waals surface area contributed by atoms with Gasteiger partial charge in [-0.05, 0) is 12.8 Å². The van der Waals surface area contributed by atoms with Crippen molar-refractivity contribution >= 4 is 0 Å². The summed E-state index contributed by atoms with van der Waals surface area (Å²) in [5.74, 6) is 0. The van der Waals surface area contributed by atoms with E-state index in [0.717, 1.165) is 24.8 Å². The van der Waals surface area contributed by atoms with Crippen LogP contribution in [0.4, 0.5) is 0 Å². The van der Waals surface area contributed by atoms with Crippen LogP contribution in [0.3, 0.4) is 0 Å². The second-order valence-corrected chi connectivity index (χ2v) is 5.14. The van der Waals surface area contributed by atoms with Gasteiger partial charge in [-0.25, -0.2) is 0 Å². The van der Waals surface area contributed by atoms with E-state index in [4.69, 9.17) is 9.47 Å². The molecule has 17 heavy (non-hydrogen) atoms. The zero-order chi connectivity index (χ0) is 11.7. The molecular formula is C14H18O3. The van der Waals surface area contributed by atoms with E-state index in [1.165, 1.54) is 0 Å². The number of hydrogen-bond donors (Lipinski definition) is 1. The minimum absolute atomic E-state index is 0.148. The number of benzene rings is 1. The van der Waals surface area contributed by atoms with Crippen molar-refractivity contribution in [2.45, 2.75) is 31.7 Å². The lowest BCUT2D eigenvalue weighted by Gasteiger charge is -2.39. The summed E-state index contributed by atoms with van der Waals surface area (Å²) in [5, 5.41) is 10.0. The monoisotopic (exact) mass is 234 g/mol. The fourth-order valence-electron chi connectivity index (χ4n) is 2.83. The molecule has 2 aliphatic rings. The molecule has 1 aliphatic carbocycles. The van der Waals surface area contributed by atoms with Gasteiger partial charge in [-0.15, -0.1) is 0 Å². The Hall–Kier alpha value is -0.900. The molecule has 0 bridgehead atoms. The predicted octanol–water partition coefficient (Wildman–Crippen LogP) is 2.26. The number of aliphatic hydroxyl groups excluding tert-OH is 1. The highest BCUT2D eigenvalue weighted by molar-refractivity contribution is 5.16. The molecule has 0 amide bonds. The number of aliphatic hydroxyl groups is 1. The molecule has 1 aromatic carbocycles. The highest BCUT2D eigenvalue weighted by atomic mass is 16.7. The van der Waals surface area contributed by atoms with Gasteiger partial charge in [0.25, 0.3) is 0 Å². The molecule has 1 saturated carbocycles. The Kier molecular flexibility index (Phi) is 2.90. The molecule has 1 unspecified atom stereocenters. The predicted molar refractivity (Wildman–Crippen MR) is 63.4 cm³/mol. The van der Waals surface area contributed by atoms with Crippen molar-refractivity contribution in [2.24, 2.45) is 5.41 Å². The van der Waals surface area contributed by atoms with E-state index < -0.39 is 0 Å². The van der Waals surface area contributed by atoms with Crippen LogP contribution in [0.15, 0.2) is 30.3 Å². The van der Waals surface area contributed by atoms with Crippen molar-refractivity contribution in [2.75, 3.05) is 13.2 Å². The van der Waals surface area contributed by atoms with Gasteiger partial charge in [0.05, 0.1) is 19.3 Å². The summed E-state index contributed by atoms with van der Waals surface area (Å²) >= 11 is 0. The van der Waals surface area contributed by atoms with Crippen molar-refractivity contribution in [1.82, 2.24) is 0 Å². The molecule has 0 radical (unpaired) electrons. The van der Waals surface area contributed by atoms with Gasteiger partial charge in [-0.3, -0.25) is 0 Å². The molecular weight excluding hydrogens is 216 g/mol. The van der Waals surface area contributed by atoms with Crippen LogP contribution in [-0.4, -0.2) is 24.4 Å². The van der Waals surface area contributed by atoms with Gasteiger partial charge in [-0.2, -0.15) is 0 Å². The van der Waals surface area contributed by atoms with E-state index in [1.807, 2.05) is 30.3 Å². The minimum atomic E-state index is -0.269. The number of ether oxygens (including phenoxy) is 2. The summed E-state index contributed by atoms with van der Waals surface area (Å²) in [4.78, 5) is 0.